The Morgan fingerprint density at radius 2 is 1.96 bits per heavy atom. The lowest BCUT2D eigenvalue weighted by Crippen LogP contribution is -2.28. The maximum Gasteiger partial charge on any atom is 0.276 e. The van der Waals surface area contributed by atoms with Gasteiger partial charge in [-0.3, -0.25) is 4.79 Å². The van der Waals surface area contributed by atoms with Crippen LogP contribution < -0.4 is 10.0 Å². The van der Waals surface area contributed by atoms with Crippen molar-refractivity contribution in [3.63, 3.8) is 0 Å². The quantitative estimate of drug-likeness (QED) is 0.681. The minimum Gasteiger partial charge on any atom is -0.336 e. The van der Waals surface area contributed by atoms with Gasteiger partial charge in [-0.2, -0.15) is 0 Å². The Morgan fingerprint density at radius 1 is 1.26 bits per heavy atom. The number of thiophene rings is 1. The SMILES string of the molecule is Cc1cccc(N(C(=O)c2sccc2S(N)(=O)=O)c2onc(C)c2Cl)c1C. The second-order valence-electron chi connectivity index (χ2n) is 5.91. The van der Waals surface area contributed by atoms with Crippen molar-refractivity contribution in [2.24, 2.45) is 5.14 Å². The molecule has 0 unspecified atom stereocenters. The number of aryl methyl sites for hydroxylation is 2. The summed E-state index contributed by atoms with van der Waals surface area (Å²) in [5.74, 6) is -0.609. The summed E-state index contributed by atoms with van der Waals surface area (Å²) in [6.45, 7) is 5.38. The minimum absolute atomic E-state index is 0.0154. The van der Waals surface area contributed by atoms with E-state index in [-0.39, 0.29) is 20.7 Å². The van der Waals surface area contributed by atoms with E-state index in [1.54, 1.807) is 19.1 Å². The molecule has 3 aromatic rings. The Morgan fingerprint density at radius 3 is 2.56 bits per heavy atom. The van der Waals surface area contributed by atoms with Crippen LogP contribution in [0.2, 0.25) is 5.02 Å². The van der Waals surface area contributed by atoms with E-state index >= 15 is 0 Å². The number of primary sulfonamides is 1. The van der Waals surface area contributed by atoms with E-state index in [9.17, 15) is 13.2 Å². The fraction of sp³-hybridized carbons (Fsp3) is 0.176. The van der Waals surface area contributed by atoms with Crippen molar-refractivity contribution in [3.05, 3.63) is 56.4 Å². The fourth-order valence-corrected chi connectivity index (χ4v) is 4.61. The van der Waals surface area contributed by atoms with Crippen LogP contribution in [0, 0.1) is 20.8 Å². The number of halogens is 1. The van der Waals surface area contributed by atoms with Crippen LogP contribution in [0.25, 0.3) is 0 Å². The molecular formula is C17H16ClN3O4S2. The Kier molecular flexibility index (Phi) is 5.13. The second kappa shape index (κ2) is 7.08. The van der Waals surface area contributed by atoms with Crippen LogP contribution in [-0.4, -0.2) is 19.5 Å². The lowest BCUT2D eigenvalue weighted by Gasteiger charge is -2.22. The van der Waals surface area contributed by atoms with Crippen LogP contribution in [0.1, 0.15) is 26.5 Å². The Hall–Kier alpha value is -2.20. The number of nitrogens with two attached hydrogens (primary N) is 1. The third kappa shape index (κ3) is 3.51. The van der Waals surface area contributed by atoms with Crippen molar-refractivity contribution in [1.29, 1.82) is 0 Å². The van der Waals surface area contributed by atoms with Crippen LogP contribution in [0.5, 0.6) is 0 Å². The summed E-state index contributed by atoms with van der Waals surface area (Å²) in [5, 5.41) is 10.7. The van der Waals surface area contributed by atoms with Crippen LogP contribution >= 0.6 is 22.9 Å². The van der Waals surface area contributed by atoms with Gasteiger partial charge in [0.15, 0.2) is 0 Å². The molecule has 3 rings (SSSR count). The zero-order chi connectivity index (χ0) is 19.9. The molecule has 0 saturated heterocycles. The number of amides is 1. The molecule has 0 atom stereocenters. The van der Waals surface area contributed by atoms with Gasteiger partial charge in [-0.05, 0) is 49.4 Å². The van der Waals surface area contributed by atoms with Gasteiger partial charge < -0.3 is 4.52 Å². The van der Waals surface area contributed by atoms with Gasteiger partial charge in [-0.1, -0.05) is 28.9 Å². The number of rotatable bonds is 4. The molecule has 0 bridgehead atoms. The van der Waals surface area contributed by atoms with Crippen molar-refractivity contribution >= 4 is 50.4 Å². The van der Waals surface area contributed by atoms with Crippen LogP contribution in [0.3, 0.4) is 0 Å². The number of carbonyl (C=O) groups excluding carboxylic acids is 1. The smallest absolute Gasteiger partial charge is 0.276 e. The van der Waals surface area contributed by atoms with Crippen molar-refractivity contribution in [1.82, 2.24) is 5.16 Å². The highest BCUT2D eigenvalue weighted by Crippen LogP contribution is 2.38. The second-order valence-corrected chi connectivity index (χ2v) is 8.73. The third-order valence-electron chi connectivity index (χ3n) is 4.13. The topological polar surface area (TPSA) is 106 Å². The maximum absolute atomic E-state index is 13.4. The molecule has 0 aliphatic heterocycles. The predicted octanol–water partition coefficient (Wildman–Crippen LogP) is 3.94. The number of carbonyl (C=O) groups is 1. The first kappa shape index (κ1) is 19.6. The fourth-order valence-electron chi connectivity index (χ4n) is 2.55. The molecule has 10 heteroatoms. The van der Waals surface area contributed by atoms with E-state index in [1.165, 1.54) is 16.3 Å². The van der Waals surface area contributed by atoms with Crippen molar-refractivity contribution < 1.29 is 17.7 Å². The lowest BCUT2D eigenvalue weighted by molar-refractivity contribution is 0.0995. The normalized spacial score (nSPS) is 11.6. The van der Waals surface area contributed by atoms with E-state index in [0.717, 1.165) is 22.5 Å². The summed E-state index contributed by atoms with van der Waals surface area (Å²) >= 11 is 7.26. The predicted molar refractivity (Wildman–Crippen MR) is 104 cm³/mol. The highest BCUT2D eigenvalue weighted by atomic mass is 35.5. The number of nitrogens with zero attached hydrogens (tertiary/aromatic N) is 2. The van der Waals surface area contributed by atoms with Gasteiger partial charge in [0.2, 0.25) is 10.0 Å². The molecule has 27 heavy (non-hydrogen) atoms. The monoisotopic (exact) mass is 425 g/mol. The first-order chi connectivity index (χ1) is 12.6. The molecule has 7 nitrogen and oxygen atoms in total. The van der Waals surface area contributed by atoms with Gasteiger partial charge >= 0.3 is 0 Å². The molecule has 0 fully saturated rings. The summed E-state index contributed by atoms with van der Waals surface area (Å²) in [7, 11) is -4.07. The molecule has 142 valence electrons. The summed E-state index contributed by atoms with van der Waals surface area (Å²) in [5.41, 5.74) is 2.67. The average molecular weight is 426 g/mol. The van der Waals surface area contributed by atoms with Crippen LogP contribution in [-0.2, 0) is 10.0 Å². The zero-order valence-corrected chi connectivity index (χ0v) is 17.1. The van der Waals surface area contributed by atoms with Crippen molar-refractivity contribution in [2.75, 3.05) is 4.90 Å². The van der Waals surface area contributed by atoms with Crippen molar-refractivity contribution in [2.45, 2.75) is 25.7 Å². The summed E-state index contributed by atoms with van der Waals surface area (Å²) in [6, 6.07) is 6.69. The largest absolute Gasteiger partial charge is 0.336 e. The molecule has 2 N–H and O–H groups in total. The lowest BCUT2D eigenvalue weighted by atomic mass is 10.1. The van der Waals surface area contributed by atoms with E-state index < -0.39 is 15.9 Å². The summed E-state index contributed by atoms with van der Waals surface area (Å²) < 4.78 is 29.0. The first-order valence-electron chi connectivity index (χ1n) is 7.75. The van der Waals surface area contributed by atoms with Gasteiger partial charge in [-0.25, -0.2) is 18.5 Å². The van der Waals surface area contributed by atoms with Gasteiger partial charge in [0.1, 0.15) is 20.5 Å². The molecule has 0 aliphatic rings. The Labute approximate surface area is 165 Å². The molecule has 0 saturated carbocycles. The minimum atomic E-state index is -4.07. The van der Waals surface area contributed by atoms with Crippen molar-refractivity contribution in [3.8, 4) is 0 Å². The van der Waals surface area contributed by atoms with Gasteiger partial charge in [-0.15, -0.1) is 11.3 Å². The average Bonchev–Trinajstić information content (AvgIpc) is 3.21. The van der Waals surface area contributed by atoms with Gasteiger partial charge in [0, 0.05) is 0 Å². The number of anilines is 2. The zero-order valence-electron chi connectivity index (χ0n) is 14.7. The molecule has 1 aromatic carbocycles. The highest BCUT2D eigenvalue weighted by Gasteiger charge is 2.32. The maximum atomic E-state index is 13.4. The first-order valence-corrected chi connectivity index (χ1v) is 10.6. The van der Waals surface area contributed by atoms with E-state index in [2.05, 4.69) is 5.16 Å². The molecular weight excluding hydrogens is 410 g/mol. The standard InChI is InChI=1S/C17H16ClN3O4S2/c1-9-5-4-6-12(10(9)2)21(17-14(18)11(3)20-25-17)16(22)15-13(7-8-26-15)27(19,23)24/h4-8H,1-3H3,(H2,19,23,24). The van der Waals surface area contributed by atoms with E-state index in [4.69, 9.17) is 21.3 Å². The Balaban J connectivity index is 2.26. The van der Waals surface area contributed by atoms with E-state index in [0.29, 0.717) is 11.4 Å². The molecule has 0 radical (unpaired) electrons. The number of benzene rings is 1. The highest BCUT2D eigenvalue weighted by molar-refractivity contribution is 7.89. The van der Waals surface area contributed by atoms with Crippen LogP contribution in [0.4, 0.5) is 11.6 Å². The van der Waals surface area contributed by atoms with Gasteiger partial charge in [0.25, 0.3) is 11.8 Å². The number of hydrogen-bond donors (Lipinski definition) is 1. The number of aromatic nitrogens is 1. The summed E-state index contributed by atoms with van der Waals surface area (Å²) in [4.78, 5) is 14.3. The van der Waals surface area contributed by atoms with E-state index in [1.807, 2.05) is 19.9 Å². The molecule has 2 heterocycles. The van der Waals surface area contributed by atoms with Crippen LogP contribution in [0.15, 0.2) is 39.1 Å². The number of sulfonamides is 1. The van der Waals surface area contributed by atoms with Gasteiger partial charge in [0.05, 0.1) is 5.69 Å². The number of hydrogen-bond acceptors (Lipinski definition) is 6. The molecule has 0 spiro atoms. The molecule has 1 amide bonds. The molecule has 2 aromatic heterocycles. The molecule has 0 aliphatic carbocycles. The third-order valence-corrected chi connectivity index (χ3v) is 6.55. The summed E-state index contributed by atoms with van der Waals surface area (Å²) in [6.07, 6.45) is 0. The Bertz CT molecular complexity index is 1140.